The predicted molar refractivity (Wildman–Crippen MR) is 67.8 cm³/mol. The van der Waals surface area contributed by atoms with Crippen molar-refractivity contribution >= 4 is 17.6 Å². The Morgan fingerprint density at radius 2 is 2.00 bits per heavy atom. The SMILES string of the molecule is CCOC(=O)C(=O)N(C)c1cc(C)ccc1OC. The van der Waals surface area contributed by atoms with Gasteiger partial charge in [0.15, 0.2) is 0 Å². The van der Waals surface area contributed by atoms with Crippen LogP contribution in [0.4, 0.5) is 5.69 Å². The highest BCUT2D eigenvalue weighted by Gasteiger charge is 2.23. The van der Waals surface area contributed by atoms with Crippen LogP contribution >= 0.6 is 0 Å². The molecule has 0 aliphatic carbocycles. The van der Waals surface area contributed by atoms with Gasteiger partial charge < -0.3 is 14.4 Å². The number of ether oxygens (including phenoxy) is 2. The first-order chi connectivity index (χ1) is 8.51. The maximum absolute atomic E-state index is 11.8. The number of hydrogen-bond acceptors (Lipinski definition) is 4. The van der Waals surface area contributed by atoms with Crippen molar-refractivity contribution in [2.75, 3.05) is 25.7 Å². The molecule has 1 aromatic carbocycles. The first-order valence-electron chi connectivity index (χ1n) is 5.60. The number of rotatable bonds is 3. The Morgan fingerprint density at radius 1 is 1.33 bits per heavy atom. The van der Waals surface area contributed by atoms with Gasteiger partial charge in [0.05, 0.1) is 19.4 Å². The molecule has 0 aromatic heterocycles. The third-order valence-corrected chi connectivity index (χ3v) is 2.45. The van der Waals surface area contributed by atoms with Gasteiger partial charge in [0.25, 0.3) is 0 Å². The second-order valence-corrected chi connectivity index (χ2v) is 3.76. The lowest BCUT2D eigenvalue weighted by atomic mass is 10.2. The number of benzene rings is 1. The van der Waals surface area contributed by atoms with Gasteiger partial charge in [0.2, 0.25) is 0 Å². The summed E-state index contributed by atoms with van der Waals surface area (Å²) in [4.78, 5) is 24.4. The monoisotopic (exact) mass is 251 g/mol. The quantitative estimate of drug-likeness (QED) is 0.604. The highest BCUT2D eigenvalue weighted by Crippen LogP contribution is 2.28. The summed E-state index contributed by atoms with van der Waals surface area (Å²) in [5.74, 6) is -1.06. The average Bonchev–Trinajstić information content (AvgIpc) is 2.37. The minimum Gasteiger partial charge on any atom is -0.495 e. The number of anilines is 1. The van der Waals surface area contributed by atoms with E-state index in [9.17, 15) is 9.59 Å². The van der Waals surface area contributed by atoms with Crippen molar-refractivity contribution in [2.24, 2.45) is 0 Å². The van der Waals surface area contributed by atoms with E-state index in [4.69, 9.17) is 4.74 Å². The summed E-state index contributed by atoms with van der Waals surface area (Å²) in [5, 5.41) is 0. The number of hydrogen-bond donors (Lipinski definition) is 0. The van der Waals surface area contributed by atoms with Crippen LogP contribution in [0.3, 0.4) is 0 Å². The lowest BCUT2D eigenvalue weighted by molar-refractivity contribution is -0.153. The van der Waals surface area contributed by atoms with Crippen LogP contribution < -0.4 is 9.64 Å². The highest BCUT2D eigenvalue weighted by molar-refractivity contribution is 6.38. The molecule has 0 heterocycles. The molecular formula is C13H17NO4. The molecule has 1 rings (SSSR count). The molecule has 18 heavy (non-hydrogen) atoms. The van der Waals surface area contributed by atoms with Crippen LogP contribution in [0.25, 0.3) is 0 Å². The molecule has 5 nitrogen and oxygen atoms in total. The van der Waals surface area contributed by atoms with E-state index < -0.39 is 11.9 Å². The lowest BCUT2D eigenvalue weighted by Gasteiger charge is -2.19. The van der Waals surface area contributed by atoms with Crippen LogP contribution in [0.1, 0.15) is 12.5 Å². The molecule has 0 saturated carbocycles. The molecule has 0 unspecified atom stereocenters. The van der Waals surface area contributed by atoms with Crippen molar-refractivity contribution in [1.29, 1.82) is 0 Å². The molecule has 0 radical (unpaired) electrons. The van der Waals surface area contributed by atoms with Gasteiger partial charge in [-0.2, -0.15) is 0 Å². The number of likely N-dealkylation sites (N-methyl/N-ethyl adjacent to an activating group) is 1. The van der Waals surface area contributed by atoms with Crippen molar-refractivity contribution < 1.29 is 19.1 Å². The van der Waals surface area contributed by atoms with Crippen molar-refractivity contribution in [3.8, 4) is 5.75 Å². The summed E-state index contributed by atoms with van der Waals surface area (Å²) in [6.45, 7) is 3.72. The van der Waals surface area contributed by atoms with Gasteiger partial charge in [0.1, 0.15) is 5.75 Å². The topological polar surface area (TPSA) is 55.8 Å². The Hall–Kier alpha value is -2.04. The molecule has 0 spiro atoms. The van der Waals surface area contributed by atoms with Crippen molar-refractivity contribution in [2.45, 2.75) is 13.8 Å². The van der Waals surface area contributed by atoms with Gasteiger partial charge in [-0.05, 0) is 31.5 Å². The largest absolute Gasteiger partial charge is 0.495 e. The number of aryl methyl sites for hydroxylation is 1. The molecule has 0 atom stereocenters. The number of carbonyl (C=O) groups is 2. The van der Waals surface area contributed by atoms with E-state index in [0.29, 0.717) is 11.4 Å². The van der Waals surface area contributed by atoms with E-state index in [-0.39, 0.29) is 6.61 Å². The van der Waals surface area contributed by atoms with Gasteiger partial charge in [-0.25, -0.2) is 4.79 Å². The van der Waals surface area contributed by atoms with Crippen LogP contribution in [0.2, 0.25) is 0 Å². The molecule has 1 aromatic rings. The van der Waals surface area contributed by atoms with E-state index in [1.807, 2.05) is 13.0 Å². The van der Waals surface area contributed by atoms with Crippen LogP contribution in [0.5, 0.6) is 5.75 Å². The Labute approximate surface area is 106 Å². The number of amides is 1. The van der Waals surface area contributed by atoms with E-state index >= 15 is 0 Å². The number of esters is 1. The second-order valence-electron chi connectivity index (χ2n) is 3.76. The zero-order chi connectivity index (χ0) is 13.7. The van der Waals surface area contributed by atoms with Gasteiger partial charge in [-0.15, -0.1) is 0 Å². The molecule has 0 N–H and O–H groups in total. The fourth-order valence-electron chi connectivity index (χ4n) is 1.50. The minimum atomic E-state index is -0.872. The van der Waals surface area contributed by atoms with Crippen molar-refractivity contribution in [3.63, 3.8) is 0 Å². The van der Waals surface area contributed by atoms with E-state index in [0.717, 1.165) is 5.56 Å². The summed E-state index contributed by atoms with van der Waals surface area (Å²) in [6, 6.07) is 5.39. The van der Waals surface area contributed by atoms with E-state index in [1.165, 1.54) is 19.1 Å². The first-order valence-corrected chi connectivity index (χ1v) is 5.60. The summed E-state index contributed by atoms with van der Waals surface area (Å²) in [5.41, 5.74) is 1.50. The minimum absolute atomic E-state index is 0.170. The maximum Gasteiger partial charge on any atom is 0.397 e. The van der Waals surface area contributed by atoms with Crippen molar-refractivity contribution in [1.82, 2.24) is 0 Å². The molecule has 0 bridgehead atoms. The van der Waals surface area contributed by atoms with Crippen LogP contribution in [-0.2, 0) is 14.3 Å². The van der Waals surface area contributed by atoms with Gasteiger partial charge >= 0.3 is 11.9 Å². The molecular weight excluding hydrogens is 234 g/mol. The molecule has 5 heteroatoms. The number of methoxy groups -OCH3 is 1. The zero-order valence-corrected chi connectivity index (χ0v) is 11.0. The van der Waals surface area contributed by atoms with Gasteiger partial charge in [-0.1, -0.05) is 6.07 Å². The highest BCUT2D eigenvalue weighted by atomic mass is 16.5. The zero-order valence-electron chi connectivity index (χ0n) is 11.0. The van der Waals surface area contributed by atoms with Crippen LogP contribution in [-0.4, -0.2) is 32.6 Å². The van der Waals surface area contributed by atoms with Crippen molar-refractivity contribution in [3.05, 3.63) is 23.8 Å². The van der Waals surface area contributed by atoms with E-state index in [1.54, 1.807) is 19.1 Å². The smallest absolute Gasteiger partial charge is 0.397 e. The molecule has 0 aliphatic rings. The van der Waals surface area contributed by atoms with E-state index in [2.05, 4.69) is 4.74 Å². The standard InChI is InChI=1S/C13H17NO4/c1-5-18-13(16)12(15)14(3)10-8-9(2)6-7-11(10)17-4/h6-8H,5H2,1-4H3. The molecule has 0 aliphatic heterocycles. The molecule has 1 amide bonds. The third-order valence-electron chi connectivity index (χ3n) is 2.45. The maximum atomic E-state index is 11.8. The Morgan fingerprint density at radius 3 is 2.56 bits per heavy atom. The Balaban J connectivity index is 3.02. The Bertz CT molecular complexity index is 456. The molecule has 0 saturated heterocycles. The Kier molecular flexibility index (Phi) is 4.71. The summed E-state index contributed by atoms with van der Waals surface area (Å²) >= 11 is 0. The predicted octanol–water partition coefficient (Wildman–Crippen LogP) is 1.53. The fourth-order valence-corrected chi connectivity index (χ4v) is 1.50. The lowest BCUT2D eigenvalue weighted by Crippen LogP contribution is -2.34. The third kappa shape index (κ3) is 3.00. The number of carbonyl (C=O) groups excluding carboxylic acids is 2. The van der Waals surface area contributed by atoms with Gasteiger partial charge in [0, 0.05) is 7.05 Å². The molecule has 98 valence electrons. The summed E-state index contributed by atoms with van der Waals surface area (Å²) in [7, 11) is 3.02. The number of nitrogens with zero attached hydrogens (tertiary/aromatic N) is 1. The van der Waals surface area contributed by atoms with Crippen LogP contribution in [0.15, 0.2) is 18.2 Å². The molecule has 0 fully saturated rings. The fraction of sp³-hybridized carbons (Fsp3) is 0.385. The normalized spacial score (nSPS) is 9.78. The average molecular weight is 251 g/mol. The van der Waals surface area contributed by atoms with Gasteiger partial charge in [-0.3, -0.25) is 4.79 Å². The summed E-state index contributed by atoms with van der Waals surface area (Å²) in [6.07, 6.45) is 0. The second kappa shape index (κ2) is 6.05. The first kappa shape index (κ1) is 14.0. The van der Waals surface area contributed by atoms with Crippen LogP contribution in [0, 0.1) is 6.92 Å². The summed E-state index contributed by atoms with van der Waals surface area (Å²) < 4.78 is 9.84.